The molecule has 1 aliphatic rings. The summed E-state index contributed by atoms with van der Waals surface area (Å²) in [4.78, 5) is 0. The SMILES string of the molecule is CC(C)(C)N(P1N(C(C)(C)C)[Si](C)(C)N1C(C)(C)C)[Si](C)(C)C. The maximum absolute atomic E-state index is 2.92. The van der Waals surface area contributed by atoms with Crippen molar-refractivity contribution >= 4 is 25.0 Å². The van der Waals surface area contributed by atoms with Crippen LogP contribution in [0, 0.1) is 0 Å². The highest BCUT2D eigenvalue weighted by Gasteiger charge is 2.65. The Morgan fingerprint density at radius 2 is 1.04 bits per heavy atom. The van der Waals surface area contributed by atoms with Crippen LogP contribution in [0.1, 0.15) is 62.3 Å². The molecule has 1 fully saturated rings. The van der Waals surface area contributed by atoms with Crippen molar-refractivity contribution in [1.29, 1.82) is 0 Å². The monoisotopic (exact) mass is 375 g/mol. The van der Waals surface area contributed by atoms with Crippen molar-refractivity contribution in [1.82, 2.24) is 13.0 Å². The van der Waals surface area contributed by atoms with Crippen LogP contribution in [0.15, 0.2) is 0 Å². The molecular formula is C17H42N3PSi2. The predicted molar refractivity (Wildman–Crippen MR) is 113 cm³/mol. The van der Waals surface area contributed by atoms with E-state index in [0.29, 0.717) is 0 Å². The first kappa shape index (κ1) is 21.8. The van der Waals surface area contributed by atoms with Gasteiger partial charge in [-0.05, 0) is 75.4 Å². The minimum atomic E-state index is -1.59. The van der Waals surface area contributed by atoms with Crippen molar-refractivity contribution < 1.29 is 0 Å². The Morgan fingerprint density at radius 3 is 1.22 bits per heavy atom. The van der Waals surface area contributed by atoms with Gasteiger partial charge in [0.2, 0.25) is 8.40 Å². The Morgan fingerprint density at radius 1 is 0.739 bits per heavy atom. The maximum atomic E-state index is 2.92. The zero-order chi connectivity index (χ0) is 18.8. The first-order chi connectivity index (χ1) is 9.73. The van der Waals surface area contributed by atoms with Gasteiger partial charge in [0, 0.05) is 16.6 Å². The third-order valence-corrected chi connectivity index (χ3v) is 18.7. The quantitative estimate of drug-likeness (QED) is 0.429. The molecule has 23 heavy (non-hydrogen) atoms. The Bertz CT molecular complexity index is 401. The van der Waals surface area contributed by atoms with Gasteiger partial charge in [0.05, 0.1) is 0 Å². The van der Waals surface area contributed by atoms with Gasteiger partial charge in [0.1, 0.15) is 16.6 Å². The second-order valence-electron chi connectivity index (χ2n) is 11.4. The fourth-order valence-corrected chi connectivity index (χ4v) is 19.8. The van der Waals surface area contributed by atoms with Crippen LogP contribution in [-0.4, -0.2) is 46.3 Å². The number of hydrogen-bond acceptors (Lipinski definition) is 3. The summed E-state index contributed by atoms with van der Waals surface area (Å²) < 4.78 is 8.76. The highest BCUT2D eigenvalue weighted by Crippen LogP contribution is 2.70. The van der Waals surface area contributed by atoms with Crippen LogP contribution in [-0.2, 0) is 0 Å². The fraction of sp³-hybridized carbons (Fsp3) is 1.00. The van der Waals surface area contributed by atoms with Gasteiger partial charge >= 0.3 is 0 Å². The summed E-state index contributed by atoms with van der Waals surface area (Å²) in [5, 5.41) is 0. The molecular weight excluding hydrogens is 333 g/mol. The topological polar surface area (TPSA) is 9.72 Å². The second-order valence-corrected chi connectivity index (χ2v) is 22.9. The summed E-state index contributed by atoms with van der Waals surface area (Å²) in [6.45, 7) is 34.2. The molecule has 0 radical (unpaired) electrons. The summed E-state index contributed by atoms with van der Waals surface area (Å²) >= 11 is 0. The summed E-state index contributed by atoms with van der Waals surface area (Å²) in [6.07, 6.45) is 0. The summed E-state index contributed by atoms with van der Waals surface area (Å²) in [6, 6.07) is 0. The van der Waals surface area contributed by atoms with Gasteiger partial charge in [-0.3, -0.25) is 13.0 Å². The maximum Gasteiger partial charge on any atom is 0.212 e. The van der Waals surface area contributed by atoms with Gasteiger partial charge < -0.3 is 0 Å². The highest BCUT2D eigenvalue weighted by atomic mass is 31.2. The van der Waals surface area contributed by atoms with E-state index in [9.17, 15) is 0 Å². The fourth-order valence-electron chi connectivity index (χ4n) is 4.48. The van der Waals surface area contributed by atoms with Crippen LogP contribution in [0.2, 0.25) is 32.7 Å². The van der Waals surface area contributed by atoms with E-state index < -0.39 is 25.0 Å². The van der Waals surface area contributed by atoms with Gasteiger partial charge in [0.25, 0.3) is 0 Å². The molecule has 0 aromatic carbocycles. The number of nitrogens with zero attached hydrogens (tertiary/aromatic N) is 3. The van der Waals surface area contributed by atoms with Crippen molar-refractivity contribution in [3.63, 3.8) is 0 Å². The lowest BCUT2D eigenvalue weighted by atomic mass is 10.1. The van der Waals surface area contributed by atoms with Crippen LogP contribution in [0.4, 0.5) is 0 Å². The van der Waals surface area contributed by atoms with E-state index in [1.807, 2.05) is 0 Å². The third kappa shape index (κ3) is 4.12. The number of rotatable bonds is 2. The van der Waals surface area contributed by atoms with Crippen molar-refractivity contribution in [3.05, 3.63) is 0 Å². The molecule has 0 aliphatic carbocycles. The second kappa shape index (κ2) is 5.89. The molecule has 0 N–H and O–H groups in total. The molecule has 138 valence electrons. The van der Waals surface area contributed by atoms with Gasteiger partial charge in [-0.1, -0.05) is 19.6 Å². The first-order valence-electron chi connectivity index (χ1n) is 8.94. The number of hydrogen-bond donors (Lipinski definition) is 0. The molecule has 0 bridgehead atoms. The van der Waals surface area contributed by atoms with E-state index in [-0.39, 0.29) is 16.6 Å². The van der Waals surface area contributed by atoms with Gasteiger partial charge in [-0.2, -0.15) is 0 Å². The first-order valence-corrected chi connectivity index (χ1v) is 16.5. The Labute approximate surface area is 150 Å². The molecule has 6 heteroatoms. The molecule has 1 aliphatic heterocycles. The lowest BCUT2D eigenvalue weighted by Crippen LogP contribution is -2.80. The van der Waals surface area contributed by atoms with Crippen molar-refractivity contribution in [2.75, 3.05) is 0 Å². The molecule has 0 atom stereocenters. The molecule has 0 saturated carbocycles. The van der Waals surface area contributed by atoms with Crippen LogP contribution in [0.25, 0.3) is 0 Å². The minimum Gasteiger partial charge on any atom is -0.275 e. The molecule has 3 nitrogen and oxygen atoms in total. The average molecular weight is 376 g/mol. The molecule has 0 spiro atoms. The lowest BCUT2D eigenvalue weighted by molar-refractivity contribution is 0.205. The normalized spacial score (nSPS) is 22.6. The molecule has 1 rings (SSSR count). The molecule has 0 amide bonds. The van der Waals surface area contributed by atoms with Crippen molar-refractivity contribution in [2.45, 2.75) is 112 Å². The average Bonchev–Trinajstić information content (AvgIpc) is 2.03. The van der Waals surface area contributed by atoms with Gasteiger partial charge in [0.15, 0.2) is 0 Å². The lowest BCUT2D eigenvalue weighted by Gasteiger charge is -2.74. The summed E-state index contributed by atoms with van der Waals surface area (Å²) in [5.74, 6) is 0. The largest absolute Gasteiger partial charge is 0.275 e. The van der Waals surface area contributed by atoms with E-state index in [0.717, 1.165) is 0 Å². The van der Waals surface area contributed by atoms with Crippen LogP contribution >= 0.6 is 8.37 Å². The molecule has 0 aromatic heterocycles. The van der Waals surface area contributed by atoms with E-state index in [2.05, 4.69) is 108 Å². The highest BCUT2D eigenvalue weighted by molar-refractivity contribution is 7.61. The Hall–Kier alpha value is 0.744. The minimum absolute atomic E-state index is 0.202. The van der Waals surface area contributed by atoms with Gasteiger partial charge in [-0.25, -0.2) is 0 Å². The molecule has 0 aromatic rings. The van der Waals surface area contributed by atoms with Crippen molar-refractivity contribution in [2.24, 2.45) is 0 Å². The Kier molecular flexibility index (Phi) is 5.57. The molecule has 0 unspecified atom stereocenters. The van der Waals surface area contributed by atoms with E-state index in [1.54, 1.807) is 0 Å². The van der Waals surface area contributed by atoms with Crippen molar-refractivity contribution in [3.8, 4) is 0 Å². The van der Waals surface area contributed by atoms with Crippen LogP contribution in [0.5, 0.6) is 0 Å². The molecule has 1 saturated heterocycles. The molecule has 1 heterocycles. The third-order valence-electron chi connectivity index (χ3n) is 4.11. The smallest absolute Gasteiger partial charge is 0.212 e. The van der Waals surface area contributed by atoms with Crippen LogP contribution < -0.4 is 0 Å². The van der Waals surface area contributed by atoms with Crippen LogP contribution in [0.3, 0.4) is 0 Å². The standard InChI is InChI=1S/C17H42N3PSi2/c1-15(2,3)18(22(10,11)12)21-19(16(4,5)6)23(13,14)20(21)17(7,8)9/h1-14H3. The van der Waals surface area contributed by atoms with E-state index in [1.165, 1.54) is 0 Å². The predicted octanol–water partition coefficient (Wildman–Crippen LogP) is 6.07. The van der Waals surface area contributed by atoms with E-state index >= 15 is 0 Å². The summed E-state index contributed by atoms with van der Waals surface area (Å²) in [5.41, 5.74) is 0.659. The zero-order valence-corrected chi connectivity index (χ0v) is 21.2. The Balaban J connectivity index is 3.52. The summed E-state index contributed by atoms with van der Waals surface area (Å²) in [7, 11) is -3.45. The zero-order valence-electron chi connectivity index (χ0n) is 18.3. The van der Waals surface area contributed by atoms with E-state index in [4.69, 9.17) is 0 Å². The van der Waals surface area contributed by atoms with Gasteiger partial charge in [-0.15, -0.1) is 0 Å².